The highest BCUT2D eigenvalue weighted by molar-refractivity contribution is 4.88. The van der Waals surface area contributed by atoms with Crippen LogP contribution in [0.2, 0.25) is 0 Å². The van der Waals surface area contributed by atoms with Crippen LogP contribution in [0.25, 0.3) is 0 Å². The van der Waals surface area contributed by atoms with E-state index in [1.807, 2.05) is 0 Å². The number of hydrogen-bond acceptors (Lipinski definition) is 1. The highest BCUT2D eigenvalue weighted by atomic mass is 15.2. The molecule has 2 aliphatic rings. The topological polar surface area (TPSA) is 3.24 Å². The van der Waals surface area contributed by atoms with Crippen LogP contribution in [0.1, 0.15) is 32.1 Å². The number of rotatable bonds is 0. The Morgan fingerprint density at radius 3 is 3.11 bits per heavy atom. The second-order valence-corrected chi connectivity index (χ2v) is 3.15. The van der Waals surface area contributed by atoms with Crippen LogP contribution in [-0.2, 0) is 0 Å². The lowest BCUT2D eigenvalue weighted by Gasteiger charge is -2.28. The predicted octanol–water partition coefficient (Wildman–Crippen LogP) is 1.80. The lowest BCUT2D eigenvalue weighted by molar-refractivity contribution is 0.225. The molecule has 0 aromatic rings. The van der Waals surface area contributed by atoms with Crippen LogP contribution in [0, 0.1) is 6.54 Å². The van der Waals surface area contributed by atoms with Crippen LogP contribution in [0.15, 0.2) is 0 Å². The standard InChI is InChI=1S/C8H14N/c1-2-6-9-7-3-5-8(9)4-1/h7-8H,1-6H2. The maximum absolute atomic E-state index is 2.55. The van der Waals surface area contributed by atoms with Gasteiger partial charge in [-0.2, -0.15) is 0 Å². The number of nitrogens with zero attached hydrogens (tertiary/aromatic N) is 1. The largest absolute Gasteiger partial charge is 0.296 e. The molecule has 2 rings (SSSR count). The number of piperidine rings is 1. The maximum Gasteiger partial charge on any atom is 0.0255 e. The lowest BCUT2D eigenvalue weighted by Crippen LogP contribution is -2.31. The van der Waals surface area contributed by atoms with Crippen molar-refractivity contribution in [1.29, 1.82) is 0 Å². The van der Waals surface area contributed by atoms with Gasteiger partial charge in [0.05, 0.1) is 0 Å². The van der Waals surface area contributed by atoms with E-state index in [1.165, 1.54) is 38.6 Å². The first-order chi connectivity index (χ1) is 4.47. The molecule has 0 aromatic heterocycles. The van der Waals surface area contributed by atoms with E-state index in [0.29, 0.717) is 0 Å². The van der Waals surface area contributed by atoms with E-state index < -0.39 is 0 Å². The van der Waals surface area contributed by atoms with E-state index in [9.17, 15) is 0 Å². The van der Waals surface area contributed by atoms with Gasteiger partial charge in [-0.3, -0.25) is 4.90 Å². The first-order valence-electron chi connectivity index (χ1n) is 4.06. The third-order valence-corrected chi connectivity index (χ3v) is 2.54. The maximum atomic E-state index is 2.55. The highest BCUT2D eigenvalue weighted by Gasteiger charge is 2.26. The Labute approximate surface area is 57.0 Å². The van der Waals surface area contributed by atoms with Crippen LogP contribution in [0.4, 0.5) is 0 Å². The molecule has 0 saturated carbocycles. The van der Waals surface area contributed by atoms with Crippen LogP contribution in [0.3, 0.4) is 0 Å². The molecule has 0 aliphatic carbocycles. The van der Waals surface area contributed by atoms with E-state index in [4.69, 9.17) is 0 Å². The molecule has 0 spiro atoms. The summed E-state index contributed by atoms with van der Waals surface area (Å²) in [5.74, 6) is 0. The summed E-state index contributed by atoms with van der Waals surface area (Å²) >= 11 is 0. The van der Waals surface area contributed by atoms with Crippen molar-refractivity contribution in [1.82, 2.24) is 4.90 Å². The number of hydrogen-bond donors (Lipinski definition) is 0. The molecule has 2 aliphatic heterocycles. The van der Waals surface area contributed by atoms with E-state index in [0.717, 1.165) is 6.04 Å². The Hall–Kier alpha value is -0.0400. The van der Waals surface area contributed by atoms with Crippen LogP contribution >= 0.6 is 0 Å². The molecular formula is C8H14N. The molecule has 9 heavy (non-hydrogen) atoms. The van der Waals surface area contributed by atoms with Gasteiger partial charge in [-0.15, -0.1) is 0 Å². The second-order valence-electron chi connectivity index (χ2n) is 3.15. The van der Waals surface area contributed by atoms with Crippen LogP contribution in [0.5, 0.6) is 0 Å². The number of fused-ring (bicyclic) bond motifs is 1. The molecule has 2 fully saturated rings. The Balaban J connectivity index is 1.97. The third kappa shape index (κ3) is 0.983. The van der Waals surface area contributed by atoms with Crippen molar-refractivity contribution in [3.63, 3.8) is 0 Å². The average Bonchev–Trinajstić information content (AvgIpc) is 2.33. The molecule has 1 radical (unpaired) electrons. The van der Waals surface area contributed by atoms with Gasteiger partial charge in [-0.05, 0) is 32.2 Å². The summed E-state index contributed by atoms with van der Waals surface area (Å²) in [6.45, 7) is 3.73. The van der Waals surface area contributed by atoms with Gasteiger partial charge >= 0.3 is 0 Å². The fourth-order valence-corrected chi connectivity index (χ4v) is 2.01. The normalized spacial score (nSPS) is 36.7. The first kappa shape index (κ1) is 5.72. The first-order valence-corrected chi connectivity index (χ1v) is 4.06. The third-order valence-electron chi connectivity index (χ3n) is 2.54. The quantitative estimate of drug-likeness (QED) is 0.476. The van der Waals surface area contributed by atoms with Crippen molar-refractivity contribution < 1.29 is 0 Å². The van der Waals surface area contributed by atoms with Gasteiger partial charge in [0.25, 0.3) is 0 Å². The molecule has 51 valence electrons. The zero-order chi connectivity index (χ0) is 6.10. The monoisotopic (exact) mass is 124 g/mol. The molecule has 2 saturated heterocycles. The Morgan fingerprint density at radius 2 is 2.22 bits per heavy atom. The predicted molar refractivity (Wildman–Crippen MR) is 37.9 cm³/mol. The molecule has 2 heterocycles. The van der Waals surface area contributed by atoms with Crippen molar-refractivity contribution in [3.05, 3.63) is 6.54 Å². The minimum absolute atomic E-state index is 0.943. The zero-order valence-corrected chi connectivity index (χ0v) is 5.84. The van der Waals surface area contributed by atoms with Crippen LogP contribution in [-0.4, -0.2) is 17.5 Å². The van der Waals surface area contributed by atoms with Gasteiger partial charge < -0.3 is 0 Å². The molecule has 1 heteroatoms. The molecule has 1 nitrogen and oxygen atoms in total. The van der Waals surface area contributed by atoms with E-state index in [-0.39, 0.29) is 0 Å². The van der Waals surface area contributed by atoms with Gasteiger partial charge in [0, 0.05) is 12.6 Å². The van der Waals surface area contributed by atoms with Gasteiger partial charge in [0.15, 0.2) is 0 Å². The second kappa shape index (κ2) is 2.30. The fraction of sp³-hybridized carbons (Fsp3) is 0.875. The molecule has 0 bridgehead atoms. The average molecular weight is 124 g/mol. The van der Waals surface area contributed by atoms with Crippen molar-refractivity contribution >= 4 is 0 Å². The van der Waals surface area contributed by atoms with Crippen molar-refractivity contribution in [2.75, 3.05) is 6.54 Å². The van der Waals surface area contributed by atoms with E-state index in [1.54, 1.807) is 0 Å². The summed E-state index contributed by atoms with van der Waals surface area (Å²) in [6, 6.07) is 0.943. The Kier molecular flexibility index (Phi) is 1.46. The summed E-state index contributed by atoms with van der Waals surface area (Å²) in [7, 11) is 0. The smallest absolute Gasteiger partial charge is 0.0255 e. The summed E-state index contributed by atoms with van der Waals surface area (Å²) in [4.78, 5) is 2.55. The molecule has 0 N–H and O–H groups in total. The van der Waals surface area contributed by atoms with Crippen LogP contribution < -0.4 is 0 Å². The molecule has 0 amide bonds. The Morgan fingerprint density at radius 1 is 1.22 bits per heavy atom. The van der Waals surface area contributed by atoms with Crippen molar-refractivity contribution in [2.45, 2.75) is 38.1 Å². The van der Waals surface area contributed by atoms with Crippen molar-refractivity contribution in [3.8, 4) is 0 Å². The van der Waals surface area contributed by atoms with Gasteiger partial charge in [0.1, 0.15) is 0 Å². The highest BCUT2D eigenvalue weighted by Crippen LogP contribution is 2.28. The van der Waals surface area contributed by atoms with Gasteiger partial charge in [-0.1, -0.05) is 6.42 Å². The summed E-state index contributed by atoms with van der Waals surface area (Å²) in [5.41, 5.74) is 0. The molecule has 1 atom stereocenters. The summed E-state index contributed by atoms with van der Waals surface area (Å²) in [5, 5.41) is 0. The molecular weight excluding hydrogens is 110 g/mol. The van der Waals surface area contributed by atoms with E-state index in [2.05, 4.69) is 11.4 Å². The molecule has 1 unspecified atom stereocenters. The van der Waals surface area contributed by atoms with Gasteiger partial charge in [-0.25, -0.2) is 0 Å². The Bertz CT molecular complexity index is 88.7. The van der Waals surface area contributed by atoms with Crippen molar-refractivity contribution in [2.24, 2.45) is 0 Å². The molecule has 0 aromatic carbocycles. The fourth-order valence-electron chi connectivity index (χ4n) is 2.01. The SMILES string of the molecule is [CH]1CCC2CCCCN12. The van der Waals surface area contributed by atoms with E-state index >= 15 is 0 Å². The lowest BCUT2D eigenvalue weighted by atomic mass is 10.0. The van der Waals surface area contributed by atoms with Gasteiger partial charge in [0.2, 0.25) is 0 Å². The summed E-state index contributed by atoms with van der Waals surface area (Å²) in [6.07, 6.45) is 7.11. The minimum atomic E-state index is 0.943. The summed E-state index contributed by atoms with van der Waals surface area (Å²) < 4.78 is 0. The zero-order valence-electron chi connectivity index (χ0n) is 5.84. The minimum Gasteiger partial charge on any atom is -0.296 e.